The smallest absolute Gasteiger partial charge is 0.0185 e. The van der Waals surface area contributed by atoms with Gasteiger partial charge in [0.2, 0.25) is 0 Å². The quantitative estimate of drug-likeness (QED) is 0.696. The van der Waals surface area contributed by atoms with E-state index < -0.39 is 0 Å². The topological polar surface area (TPSA) is 26.0 Å². The van der Waals surface area contributed by atoms with Crippen LogP contribution < -0.4 is 5.73 Å². The van der Waals surface area contributed by atoms with Gasteiger partial charge in [-0.05, 0) is 37.5 Å². The van der Waals surface area contributed by atoms with Gasteiger partial charge in [-0.15, -0.1) is 0 Å². The zero-order valence-electron chi connectivity index (χ0n) is 8.89. The van der Waals surface area contributed by atoms with Gasteiger partial charge in [0.05, 0.1) is 0 Å². The fourth-order valence-electron chi connectivity index (χ4n) is 3.16. The average molecular weight is 181 g/mol. The van der Waals surface area contributed by atoms with Crippen molar-refractivity contribution in [1.82, 2.24) is 0 Å². The second-order valence-corrected chi connectivity index (χ2v) is 5.23. The molecular weight excluding hydrogens is 158 g/mol. The lowest BCUT2D eigenvalue weighted by atomic mass is 9.62. The molecule has 0 aromatic heterocycles. The van der Waals surface area contributed by atoms with Crippen LogP contribution in [-0.4, -0.2) is 5.54 Å². The van der Waals surface area contributed by atoms with E-state index in [1.807, 2.05) is 0 Å². The van der Waals surface area contributed by atoms with Gasteiger partial charge in [-0.2, -0.15) is 0 Å². The fourth-order valence-corrected chi connectivity index (χ4v) is 3.16. The number of hydrogen-bond acceptors (Lipinski definition) is 1. The SMILES string of the molecule is CCC1CCCC(N)(C2CCC2)C1. The summed E-state index contributed by atoms with van der Waals surface area (Å²) >= 11 is 0. The summed E-state index contributed by atoms with van der Waals surface area (Å²) < 4.78 is 0. The lowest BCUT2D eigenvalue weighted by Crippen LogP contribution is -2.52. The molecule has 0 radical (unpaired) electrons. The van der Waals surface area contributed by atoms with Gasteiger partial charge in [-0.25, -0.2) is 0 Å². The van der Waals surface area contributed by atoms with Crippen molar-refractivity contribution < 1.29 is 0 Å². The normalized spacial score (nSPS) is 41.5. The molecule has 0 aromatic rings. The van der Waals surface area contributed by atoms with Crippen molar-refractivity contribution in [2.75, 3.05) is 0 Å². The third-order valence-corrected chi connectivity index (χ3v) is 4.42. The molecule has 1 heteroatoms. The molecule has 13 heavy (non-hydrogen) atoms. The van der Waals surface area contributed by atoms with E-state index in [-0.39, 0.29) is 5.54 Å². The first-order chi connectivity index (χ1) is 6.24. The molecule has 0 bridgehead atoms. The molecule has 2 fully saturated rings. The third kappa shape index (κ3) is 1.76. The van der Waals surface area contributed by atoms with E-state index in [4.69, 9.17) is 5.73 Å². The van der Waals surface area contributed by atoms with Gasteiger partial charge in [0.25, 0.3) is 0 Å². The van der Waals surface area contributed by atoms with E-state index >= 15 is 0 Å². The molecule has 0 heterocycles. The minimum Gasteiger partial charge on any atom is -0.325 e. The van der Waals surface area contributed by atoms with Crippen LogP contribution in [0.1, 0.15) is 58.3 Å². The Morgan fingerprint density at radius 2 is 2.00 bits per heavy atom. The largest absolute Gasteiger partial charge is 0.325 e. The highest BCUT2D eigenvalue weighted by molar-refractivity contribution is 4.98. The summed E-state index contributed by atoms with van der Waals surface area (Å²) in [6.07, 6.45) is 11.0. The maximum absolute atomic E-state index is 6.53. The van der Waals surface area contributed by atoms with E-state index in [9.17, 15) is 0 Å². The minimum atomic E-state index is 0.247. The fraction of sp³-hybridized carbons (Fsp3) is 1.00. The van der Waals surface area contributed by atoms with Crippen molar-refractivity contribution in [2.24, 2.45) is 17.6 Å². The molecule has 0 saturated heterocycles. The molecule has 2 atom stereocenters. The van der Waals surface area contributed by atoms with E-state index in [0.29, 0.717) is 0 Å². The summed E-state index contributed by atoms with van der Waals surface area (Å²) in [7, 11) is 0. The average Bonchev–Trinajstić information content (AvgIpc) is 2.00. The van der Waals surface area contributed by atoms with Crippen molar-refractivity contribution in [3.63, 3.8) is 0 Å². The summed E-state index contributed by atoms with van der Waals surface area (Å²) in [5.74, 6) is 1.81. The van der Waals surface area contributed by atoms with Crippen LogP contribution in [-0.2, 0) is 0 Å². The first-order valence-corrected chi connectivity index (χ1v) is 6.03. The zero-order chi connectivity index (χ0) is 9.31. The highest BCUT2D eigenvalue weighted by Gasteiger charge is 2.41. The Morgan fingerprint density at radius 1 is 1.23 bits per heavy atom. The van der Waals surface area contributed by atoms with Crippen molar-refractivity contribution in [1.29, 1.82) is 0 Å². The Labute approximate surface area is 82.1 Å². The van der Waals surface area contributed by atoms with Gasteiger partial charge in [0.1, 0.15) is 0 Å². The van der Waals surface area contributed by atoms with Crippen molar-refractivity contribution in [3.8, 4) is 0 Å². The summed E-state index contributed by atoms with van der Waals surface area (Å²) in [5.41, 5.74) is 6.78. The first kappa shape index (κ1) is 9.51. The molecule has 2 aliphatic rings. The second-order valence-electron chi connectivity index (χ2n) is 5.23. The molecule has 1 nitrogen and oxygen atoms in total. The summed E-state index contributed by atoms with van der Waals surface area (Å²) in [6, 6.07) is 0. The van der Waals surface area contributed by atoms with Crippen LogP contribution >= 0.6 is 0 Å². The van der Waals surface area contributed by atoms with Crippen molar-refractivity contribution in [2.45, 2.75) is 63.8 Å². The second kappa shape index (κ2) is 3.61. The number of nitrogens with two attached hydrogens (primary N) is 1. The van der Waals surface area contributed by atoms with Crippen LogP contribution in [0.5, 0.6) is 0 Å². The van der Waals surface area contributed by atoms with Gasteiger partial charge >= 0.3 is 0 Å². The van der Waals surface area contributed by atoms with Crippen LogP contribution in [0.2, 0.25) is 0 Å². The van der Waals surface area contributed by atoms with Crippen LogP contribution in [0.3, 0.4) is 0 Å². The first-order valence-electron chi connectivity index (χ1n) is 6.03. The monoisotopic (exact) mass is 181 g/mol. The lowest BCUT2D eigenvalue weighted by Gasteiger charge is -2.47. The highest BCUT2D eigenvalue weighted by atomic mass is 14.8. The standard InChI is InChI=1S/C12H23N/c1-2-10-5-4-8-12(13,9-10)11-6-3-7-11/h10-11H,2-9,13H2,1H3. The summed E-state index contributed by atoms with van der Waals surface area (Å²) in [4.78, 5) is 0. The molecular formula is C12H23N. The van der Waals surface area contributed by atoms with E-state index in [2.05, 4.69) is 6.92 Å². The van der Waals surface area contributed by atoms with Crippen LogP contribution in [0, 0.1) is 11.8 Å². The molecule has 0 aromatic carbocycles. The molecule has 0 aliphatic heterocycles. The third-order valence-electron chi connectivity index (χ3n) is 4.42. The van der Waals surface area contributed by atoms with E-state index in [0.717, 1.165) is 11.8 Å². The summed E-state index contributed by atoms with van der Waals surface area (Å²) in [5, 5.41) is 0. The Hall–Kier alpha value is -0.0400. The predicted molar refractivity (Wildman–Crippen MR) is 56.5 cm³/mol. The van der Waals surface area contributed by atoms with Gasteiger partial charge in [0, 0.05) is 5.54 Å². The maximum atomic E-state index is 6.53. The zero-order valence-corrected chi connectivity index (χ0v) is 8.89. The van der Waals surface area contributed by atoms with Gasteiger partial charge < -0.3 is 5.73 Å². The Balaban J connectivity index is 1.95. The minimum absolute atomic E-state index is 0.247. The molecule has 2 unspecified atom stereocenters. The Kier molecular flexibility index (Phi) is 2.64. The van der Waals surface area contributed by atoms with Gasteiger partial charge in [-0.1, -0.05) is 32.6 Å². The van der Waals surface area contributed by atoms with Gasteiger partial charge in [0.15, 0.2) is 0 Å². The molecule has 2 saturated carbocycles. The highest BCUT2D eigenvalue weighted by Crippen LogP contribution is 2.44. The van der Waals surface area contributed by atoms with Crippen LogP contribution in [0.25, 0.3) is 0 Å². The van der Waals surface area contributed by atoms with Crippen molar-refractivity contribution in [3.05, 3.63) is 0 Å². The van der Waals surface area contributed by atoms with E-state index in [1.54, 1.807) is 0 Å². The molecule has 2 rings (SSSR count). The van der Waals surface area contributed by atoms with Crippen LogP contribution in [0.4, 0.5) is 0 Å². The molecule has 2 aliphatic carbocycles. The molecule has 2 N–H and O–H groups in total. The van der Waals surface area contributed by atoms with Crippen molar-refractivity contribution >= 4 is 0 Å². The molecule has 0 amide bonds. The van der Waals surface area contributed by atoms with Gasteiger partial charge in [-0.3, -0.25) is 0 Å². The summed E-state index contributed by atoms with van der Waals surface area (Å²) in [6.45, 7) is 2.32. The van der Waals surface area contributed by atoms with E-state index in [1.165, 1.54) is 51.4 Å². The van der Waals surface area contributed by atoms with Crippen LogP contribution in [0.15, 0.2) is 0 Å². The lowest BCUT2D eigenvalue weighted by molar-refractivity contribution is 0.0950. The number of rotatable bonds is 2. The Bertz CT molecular complexity index is 174. The molecule has 0 spiro atoms. The predicted octanol–water partition coefficient (Wildman–Crippen LogP) is 3.08. The Morgan fingerprint density at radius 3 is 2.54 bits per heavy atom. The number of hydrogen-bond donors (Lipinski definition) is 1. The molecule has 76 valence electrons. The maximum Gasteiger partial charge on any atom is 0.0185 e.